The summed E-state index contributed by atoms with van der Waals surface area (Å²) in [6.45, 7) is 0.559. The van der Waals surface area contributed by atoms with Crippen molar-refractivity contribution in [1.29, 1.82) is 0 Å². The normalized spacial score (nSPS) is 15.1. The quantitative estimate of drug-likeness (QED) is 0.562. The number of nitrogens with one attached hydrogen (secondary N) is 1. The second-order valence-electron chi connectivity index (χ2n) is 7.07. The summed E-state index contributed by atoms with van der Waals surface area (Å²) in [6, 6.07) is 27.1. The average Bonchev–Trinajstić information content (AvgIpc) is 3.26. The number of para-hydroxylation sites is 2. The minimum absolute atomic E-state index is 0.133. The van der Waals surface area contributed by atoms with E-state index in [1.165, 1.54) is 0 Å². The average molecular weight is 396 g/mol. The standard InChI is InChI=1S/C24H20N4O2/c29-24(25-20-15-16-30-21-14-8-7-13-19(20)21)22-26-23(17-9-3-1-4-10-17)28(27-22)18-11-5-2-6-12-18/h1-14,20H,15-16H2,(H,25,29)/t20-/m0/s1. The molecule has 3 aromatic carbocycles. The van der Waals surface area contributed by atoms with Crippen molar-refractivity contribution in [3.05, 3.63) is 96.3 Å². The predicted molar refractivity (Wildman–Crippen MR) is 114 cm³/mol. The van der Waals surface area contributed by atoms with Crippen molar-refractivity contribution < 1.29 is 9.53 Å². The molecule has 1 amide bonds. The van der Waals surface area contributed by atoms with Crippen LogP contribution >= 0.6 is 0 Å². The Hall–Kier alpha value is -3.93. The summed E-state index contributed by atoms with van der Waals surface area (Å²) >= 11 is 0. The summed E-state index contributed by atoms with van der Waals surface area (Å²) in [5, 5.41) is 7.62. The molecule has 0 aliphatic carbocycles. The summed E-state index contributed by atoms with van der Waals surface area (Å²) in [5.74, 6) is 1.27. The number of rotatable bonds is 4. The summed E-state index contributed by atoms with van der Waals surface area (Å²) in [7, 11) is 0. The maximum absolute atomic E-state index is 13.1. The van der Waals surface area contributed by atoms with E-state index in [1.54, 1.807) is 4.68 Å². The number of amides is 1. The van der Waals surface area contributed by atoms with Gasteiger partial charge in [0, 0.05) is 17.5 Å². The molecule has 0 fully saturated rings. The first-order valence-electron chi connectivity index (χ1n) is 9.90. The van der Waals surface area contributed by atoms with Gasteiger partial charge >= 0.3 is 0 Å². The molecule has 0 saturated heterocycles. The lowest BCUT2D eigenvalue weighted by Gasteiger charge is -2.26. The van der Waals surface area contributed by atoms with Gasteiger partial charge < -0.3 is 10.1 Å². The van der Waals surface area contributed by atoms with Gasteiger partial charge in [-0.15, -0.1) is 5.10 Å². The number of carbonyl (C=O) groups excluding carboxylic acids is 1. The van der Waals surface area contributed by atoms with Crippen LogP contribution in [-0.4, -0.2) is 27.3 Å². The number of hydrogen-bond acceptors (Lipinski definition) is 4. The van der Waals surface area contributed by atoms with Gasteiger partial charge in [0.2, 0.25) is 5.82 Å². The van der Waals surface area contributed by atoms with E-state index in [2.05, 4.69) is 15.4 Å². The molecule has 4 aromatic rings. The second kappa shape index (κ2) is 7.83. The molecule has 1 aliphatic heterocycles. The van der Waals surface area contributed by atoms with Crippen LogP contribution in [0.5, 0.6) is 5.75 Å². The number of hydrogen-bond donors (Lipinski definition) is 1. The van der Waals surface area contributed by atoms with Crippen LogP contribution in [0.2, 0.25) is 0 Å². The van der Waals surface area contributed by atoms with Crippen molar-refractivity contribution in [3.63, 3.8) is 0 Å². The molecule has 148 valence electrons. The zero-order valence-electron chi connectivity index (χ0n) is 16.2. The van der Waals surface area contributed by atoms with E-state index < -0.39 is 0 Å². The van der Waals surface area contributed by atoms with E-state index in [9.17, 15) is 4.79 Å². The van der Waals surface area contributed by atoms with Crippen molar-refractivity contribution in [2.24, 2.45) is 0 Å². The number of ether oxygens (including phenoxy) is 1. The molecular weight excluding hydrogens is 376 g/mol. The maximum Gasteiger partial charge on any atom is 0.291 e. The van der Waals surface area contributed by atoms with E-state index in [1.807, 2.05) is 84.9 Å². The Morgan fingerprint density at radius 1 is 0.933 bits per heavy atom. The number of fused-ring (bicyclic) bond motifs is 1. The molecule has 0 unspecified atom stereocenters. The number of aromatic nitrogens is 3. The molecule has 1 aromatic heterocycles. The first-order chi connectivity index (χ1) is 14.8. The number of nitrogens with zero attached hydrogens (tertiary/aromatic N) is 3. The van der Waals surface area contributed by atoms with Gasteiger partial charge in [-0.2, -0.15) is 0 Å². The third kappa shape index (κ3) is 3.43. The molecule has 6 heteroatoms. The van der Waals surface area contributed by atoms with Gasteiger partial charge in [0.25, 0.3) is 5.91 Å². The van der Waals surface area contributed by atoms with Crippen molar-refractivity contribution in [3.8, 4) is 22.8 Å². The van der Waals surface area contributed by atoms with Gasteiger partial charge in [0.1, 0.15) is 5.75 Å². The molecule has 1 atom stereocenters. The molecule has 0 bridgehead atoms. The van der Waals surface area contributed by atoms with Gasteiger partial charge in [-0.1, -0.05) is 66.7 Å². The highest BCUT2D eigenvalue weighted by Crippen LogP contribution is 2.31. The third-order valence-corrected chi connectivity index (χ3v) is 5.11. The summed E-state index contributed by atoms with van der Waals surface area (Å²) in [5.41, 5.74) is 2.71. The molecule has 30 heavy (non-hydrogen) atoms. The Morgan fingerprint density at radius 2 is 1.63 bits per heavy atom. The minimum atomic E-state index is -0.302. The lowest BCUT2D eigenvalue weighted by atomic mass is 10.0. The molecule has 0 saturated carbocycles. The van der Waals surface area contributed by atoms with Crippen molar-refractivity contribution in [2.75, 3.05) is 6.61 Å². The van der Waals surface area contributed by atoms with Crippen LogP contribution in [0, 0.1) is 0 Å². The van der Waals surface area contributed by atoms with Crippen molar-refractivity contribution in [1.82, 2.24) is 20.1 Å². The Labute approximate surface area is 174 Å². The molecule has 6 nitrogen and oxygen atoms in total. The second-order valence-corrected chi connectivity index (χ2v) is 7.07. The molecule has 0 radical (unpaired) electrons. The van der Waals surface area contributed by atoms with E-state index in [0.29, 0.717) is 18.9 Å². The fraction of sp³-hybridized carbons (Fsp3) is 0.125. The maximum atomic E-state index is 13.1. The molecule has 2 heterocycles. The lowest BCUT2D eigenvalue weighted by Crippen LogP contribution is -2.32. The highest BCUT2D eigenvalue weighted by Gasteiger charge is 2.26. The highest BCUT2D eigenvalue weighted by atomic mass is 16.5. The van der Waals surface area contributed by atoms with Gasteiger partial charge in [-0.05, 0) is 18.2 Å². The SMILES string of the molecule is O=C(N[C@H]1CCOc2ccccc21)c1nc(-c2ccccc2)n(-c2ccccc2)n1. The summed E-state index contributed by atoms with van der Waals surface area (Å²) < 4.78 is 7.40. The monoisotopic (exact) mass is 396 g/mol. The number of benzene rings is 3. The zero-order valence-corrected chi connectivity index (χ0v) is 16.2. The Morgan fingerprint density at radius 3 is 2.43 bits per heavy atom. The van der Waals surface area contributed by atoms with Crippen LogP contribution < -0.4 is 10.1 Å². The van der Waals surface area contributed by atoms with Crippen LogP contribution in [0.1, 0.15) is 28.6 Å². The smallest absolute Gasteiger partial charge is 0.291 e. The van der Waals surface area contributed by atoms with Gasteiger partial charge in [0.05, 0.1) is 18.3 Å². The molecule has 1 aliphatic rings. The predicted octanol–water partition coefficient (Wildman–Crippen LogP) is 4.19. The minimum Gasteiger partial charge on any atom is -0.493 e. The Balaban J connectivity index is 1.49. The van der Waals surface area contributed by atoms with E-state index in [0.717, 1.165) is 22.6 Å². The molecule has 0 spiro atoms. The van der Waals surface area contributed by atoms with E-state index in [-0.39, 0.29) is 17.8 Å². The number of carbonyl (C=O) groups is 1. The fourth-order valence-corrected chi connectivity index (χ4v) is 3.65. The Kier molecular flexibility index (Phi) is 4.73. The first kappa shape index (κ1) is 18.1. The van der Waals surface area contributed by atoms with Crippen LogP contribution in [-0.2, 0) is 0 Å². The lowest BCUT2D eigenvalue weighted by molar-refractivity contribution is 0.0914. The van der Waals surface area contributed by atoms with Gasteiger partial charge in [-0.3, -0.25) is 4.79 Å². The Bertz CT molecular complexity index is 1120. The van der Waals surface area contributed by atoms with Crippen molar-refractivity contribution >= 4 is 5.91 Å². The largest absolute Gasteiger partial charge is 0.493 e. The van der Waals surface area contributed by atoms with Gasteiger partial charge in [-0.25, -0.2) is 9.67 Å². The molecule has 1 N–H and O–H groups in total. The molecular formula is C24H20N4O2. The topological polar surface area (TPSA) is 69.0 Å². The summed E-state index contributed by atoms with van der Waals surface area (Å²) in [6.07, 6.45) is 0.702. The van der Waals surface area contributed by atoms with Crippen molar-refractivity contribution in [2.45, 2.75) is 12.5 Å². The van der Waals surface area contributed by atoms with Crippen LogP contribution in [0.25, 0.3) is 17.1 Å². The van der Waals surface area contributed by atoms with Crippen LogP contribution in [0.3, 0.4) is 0 Å². The van der Waals surface area contributed by atoms with Crippen LogP contribution in [0.4, 0.5) is 0 Å². The highest BCUT2D eigenvalue weighted by molar-refractivity contribution is 5.91. The van der Waals surface area contributed by atoms with Crippen LogP contribution in [0.15, 0.2) is 84.9 Å². The zero-order chi connectivity index (χ0) is 20.3. The first-order valence-corrected chi connectivity index (χ1v) is 9.90. The van der Waals surface area contributed by atoms with Gasteiger partial charge in [0.15, 0.2) is 5.82 Å². The molecule has 5 rings (SSSR count). The summed E-state index contributed by atoms with van der Waals surface area (Å²) in [4.78, 5) is 17.6. The van der Waals surface area contributed by atoms with E-state index >= 15 is 0 Å². The van der Waals surface area contributed by atoms with E-state index in [4.69, 9.17) is 4.74 Å². The fourth-order valence-electron chi connectivity index (χ4n) is 3.65. The third-order valence-electron chi connectivity index (χ3n) is 5.11.